The van der Waals surface area contributed by atoms with Crippen molar-refractivity contribution in [1.29, 1.82) is 0 Å². The number of fused-ring (bicyclic) bond motifs is 1. The van der Waals surface area contributed by atoms with E-state index in [1.807, 2.05) is 0 Å². The van der Waals surface area contributed by atoms with Gasteiger partial charge in [-0.05, 0) is 33.6 Å². The fourth-order valence-corrected chi connectivity index (χ4v) is 2.46. The van der Waals surface area contributed by atoms with E-state index < -0.39 is 0 Å². The second-order valence-corrected chi connectivity index (χ2v) is 5.56. The van der Waals surface area contributed by atoms with Gasteiger partial charge in [0, 0.05) is 22.8 Å². The van der Waals surface area contributed by atoms with Crippen LogP contribution in [-0.2, 0) is 6.42 Å². The van der Waals surface area contributed by atoms with Crippen LogP contribution >= 0.6 is 11.3 Å². The zero-order chi connectivity index (χ0) is 11.1. The molecule has 3 nitrogen and oxygen atoms in total. The van der Waals surface area contributed by atoms with Crippen molar-refractivity contribution in [2.45, 2.75) is 39.2 Å². The highest BCUT2D eigenvalue weighted by Gasteiger charge is 2.14. The number of hydrogen-bond acceptors (Lipinski definition) is 3. The fraction of sp³-hybridized carbons (Fsp3) is 0.545. The third-order valence-electron chi connectivity index (χ3n) is 2.57. The van der Waals surface area contributed by atoms with Crippen LogP contribution in [0.25, 0.3) is 4.96 Å². The minimum absolute atomic E-state index is 0.105. The average molecular weight is 223 g/mol. The highest BCUT2D eigenvalue weighted by molar-refractivity contribution is 7.15. The number of thiazole rings is 1. The first-order chi connectivity index (χ1) is 6.97. The highest BCUT2D eigenvalue weighted by atomic mass is 32.1. The molecule has 0 amide bonds. The minimum atomic E-state index is -0.105. The van der Waals surface area contributed by atoms with Crippen molar-refractivity contribution in [1.82, 2.24) is 9.38 Å². The minimum Gasteiger partial charge on any atom is -0.326 e. The molecule has 0 aliphatic rings. The first-order valence-electron chi connectivity index (χ1n) is 5.17. The molecule has 2 N–H and O–H groups in total. The monoisotopic (exact) mass is 223 g/mol. The van der Waals surface area contributed by atoms with E-state index in [1.54, 1.807) is 11.3 Å². The van der Waals surface area contributed by atoms with Crippen LogP contribution in [0, 0.1) is 6.92 Å². The van der Waals surface area contributed by atoms with E-state index in [0.717, 1.165) is 23.5 Å². The maximum atomic E-state index is 5.99. The highest BCUT2D eigenvalue weighted by Crippen LogP contribution is 2.19. The summed E-state index contributed by atoms with van der Waals surface area (Å²) in [4.78, 5) is 5.60. The molecular weight excluding hydrogens is 206 g/mol. The van der Waals surface area contributed by atoms with Gasteiger partial charge in [-0.1, -0.05) is 0 Å². The molecular formula is C11H17N3S. The van der Waals surface area contributed by atoms with Crippen LogP contribution in [-0.4, -0.2) is 14.9 Å². The Bertz CT molecular complexity index is 462. The maximum absolute atomic E-state index is 5.99. The van der Waals surface area contributed by atoms with Gasteiger partial charge < -0.3 is 5.73 Å². The molecule has 0 atom stereocenters. The first kappa shape index (κ1) is 10.6. The van der Waals surface area contributed by atoms with Crippen LogP contribution < -0.4 is 5.73 Å². The SMILES string of the molecule is Cc1nc2sccn2c1CCC(C)(C)N. The molecule has 0 aliphatic carbocycles. The van der Waals surface area contributed by atoms with Gasteiger partial charge >= 0.3 is 0 Å². The Hall–Kier alpha value is -0.870. The molecule has 0 radical (unpaired) electrons. The van der Waals surface area contributed by atoms with E-state index in [-0.39, 0.29) is 5.54 Å². The lowest BCUT2D eigenvalue weighted by Gasteiger charge is -2.17. The summed E-state index contributed by atoms with van der Waals surface area (Å²) < 4.78 is 2.17. The zero-order valence-corrected chi connectivity index (χ0v) is 10.3. The molecule has 2 heterocycles. The predicted molar refractivity (Wildman–Crippen MR) is 64.4 cm³/mol. The standard InChI is InChI=1S/C11H17N3S/c1-8-9(4-5-11(2,3)12)14-6-7-15-10(14)13-8/h6-7H,4-5,12H2,1-3H3. The lowest BCUT2D eigenvalue weighted by atomic mass is 9.98. The van der Waals surface area contributed by atoms with Gasteiger partial charge in [0.15, 0.2) is 4.96 Å². The molecule has 0 saturated carbocycles. The first-order valence-corrected chi connectivity index (χ1v) is 6.05. The Labute approximate surface area is 93.9 Å². The third kappa shape index (κ3) is 2.21. The van der Waals surface area contributed by atoms with Crippen LogP contribution in [0.1, 0.15) is 31.7 Å². The summed E-state index contributed by atoms with van der Waals surface area (Å²) in [7, 11) is 0. The number of imidazole rings is 1. The molecule has 0 spiro atoms. The number of hydrogen-bond donors (Lipinski definition) is 1. The number of nitrogens with zero attached hydrogens (tertiary/aromatic N) is 2. The van der Waals surface area contributed by atoms with Crippen molar-refractivity contribution in [3.63, 3.8) is 0 Å². The smallest absolute Gasteiger partial charge is 0.194 e. The molecule has 0 saturated heterocycles. The van der Waals surface area contributed by atoms with Gasteiger partial charge in [0.1, 0.15) is 0 Å². The summed E-state index contributed by atoms with van der Waals surface area (Å²) in [6.45, 7) is 6.20. The quantitative estimate of drug-likeness (QED) is 0.868. The zero-order valence-electron chi connectivity index (χ0n) is 9.45. The molecule has 0 bridgehead atoms. The van der Waals surface area contributed by atoms with Crippen molar-refractivity contribution in [3.05, 3.63) is 23.0 Å². The van der Waals surface area contributed by atoms with Crippen molar-refractivity contribution in [3.8, 4) is 0 Å². The Kier molecular flexibility index (Phi) is 2.56. The summed E-state index contributed by atoms with van der Waals surface area (Å²) in [6, 6.07) is 0. The lowest BCUT2D eigenvalue weighted by molar-refractivity contribution is 0.473. The number of rotatable bonds is 3. The fourth-order valence-electron chi connectivity index (χ4n) is 1.68. The second kappa shape index (κ2) is 3.61. The van der Waals surface area contributed by atoms with Crippen molar-refractivity contribution < 1.29 is 0 Å². The predicted octanol–water partition coefficient (Wildman–Crippen LogP) is 2.37. The van der Waals surface area contributed by atoms with Crippen LogP contribution in [0.15, 0.2) is 11.6 Å². The molecule has 2 aromatic rings. The number of aromatic nitrogens is 2. The molecule has 15 heavy (non-hydrogen) atoms. The van der Waals surface area contributed by atoms with Gasteiger partial charge in [-0.2, -0.15) is 0 Å². The van der Waals surface area contributed by atoms with Crippen LogP contribution in [0.3, 0.4) is 0 Å². The van der Waals surface area contributed by atoms with Gasteiger partial charge in [0.2, 0.25) is 0 Å². The summed E-state index contributed by atoms with van der Waals surface area (Å²) in [5.41, 5.74) is 8.32. The van der Waals surface area contributed by atoms with Crippen molar-refractivity contribution in [2.75, 3.05) is 0 Å². The van der Waals surface area contributed by atoms with E-state index in [2.05, 4.69) is 41.7 Å². The molecule has 2 aromatic heterocycles. The normalized spacial score (nSPS) is 12.5. The van der Waals surface area contributed by atoms with Gasteiger partial charge in [-0.25, -0.2) is 4.98 Å². The Morgan fingerprint density at radius 2 is 2.27 bits per heavy atom. The molecule has 0 aromatic carbocycles. The van der Waals surface area contributed by atoms with E-state index in [0.29, 0.717) is 0 Å². The molecule has 0 fully saturated rings. The molecule has 4 heteroatoms. The van der Waals surface area contributed by atoms with Crippen LogP contribution in [0.2, 0.25) is 0 Å². The Balaban J connectivity index is 2.26. The maximum Gasteiger partial charge on any atom is 0.194 e. The third-order valence-corrected chi connectivity index (χ3v) is 3.32. The van der Waals surface area contributed by atoms with E-state index in [9.17, 15) is 0 Å². The lowest BCUT2D eigenvalue weighted by Crippen LogP contribution is -2.32. The Morgan fingerprint density at radius 3 is 2.93 bits per heavy atom. The number of aryl methyl sites for hydroxylation is 2. The molecule has 2 rings (SSSR count). The summed E-state index contributed by atoms with van der Waals surface area (Å²) >= 11 is 1.68. The largest absolute Gasteiger partial charge is 0.326 e. The number of nitrogens with two attached hydrogens (primary N) is 1. The van der Waals surface area contributed by atoms with Gasteiger partial charge in [-0.15, -0.1) is 11.3 Å². The molecule has 0 aliphatic heterocycles. The van der Waals surface area contributed by atoms with Crippen molar-refractivity contribution >= 4 is 16.3 Å². The topological polar surface area (TPSA) is 43.3 Å². The summed E-state index contributed by atoms with van der Waals surface area (Å²) in [5, 5.41) is 2.07. The van der Waals surface area contributed by atoms with Gasteiger partial charge in [-0.3, -0.25) is 4.40 Å². The molecule has 0 unspecified atom stereocenters. The second-order valence-electron chi connectivity index (χ2n) is 4.69. The van der Waals surface area contributed by atoms with Crippen molar-refractivity contribution in [2.24, 2.45) is 5.73 Å². The summed E-state index contributed by atoms with van der Waals surface area (Å²) in [5.74, 6) is 0. The van der Waals surface area contributed by atoms with E-state index in [4.69, 9.17) is 5.73 Å². The van der Waals surface area contributed by atoms with Gasteiger partial charge in [0.25, 0.3) is 0 Å². The average Bonchev–Trinajstić information content (AvgIpc) is 2.60. The molecule has 82 valence electrons. The van der Waals surface area contributed by atoms with E-state index >= 15 is 0 Å². The van der Waals surface area contributed by atoms with E-state index in [1.165, 1.54) is 5.69 Å². The van der Waals surface area contributed by atoms with Crippen LogP contribution in [0.4, 0.5) is 0 Å². The van der Waals surface area contributed by atoms with Crippen LogP contribution in [0.5, 0.6) is 0 Å². The summed E-state index contributed by atoms with van der Waals surface area (Å²) in [6.07, 6.45) is 4.06. The Morgan fingerprint density at radius 1 is 1.53 bits per heavy atom. The van der Waals surface area contributed by atoms with Gasteiger partial charge in [0.05, 0.1) is 5.69 Å².